The van der Waals surface area contributed by atoms with Crippen molar-refractivity contribution in [2.45, 2.75) is 82.3 Å². The number of carbonyl (C=O) groups excluding carboxylic acids is 2. The number of aliphatic hydroxyl groups excluding tert-OH is 1. The van der Waals surface area contributed by atoms with E-state index < -0.39 is 17.7 Å². The Morgan fingerprint density at radius 1 is 1.11 bits per heavy atom. The van der Waals surface area contributed by atoms with Crippen LogP contribution in [-0.4, -0.2) is 46.4 Å². The van der Waals surface area contributed by atoms with Crippen LogP contribution in [-0.2, 0) is 25.5 Å². The molecule has 4 aliphatic rings. The van der Waals surface area contributed by atoms with E-state index in [1.54, 1.807) is 0 Å². The predicted molar refractivity (Wildman–Crippen MR) is 132 cm³/mol. The molecule has 3 aliphatic heterocycles. The van der Waals surface area contributed by atoms with Gasteiger partial charge in [-0.05, 0) is 49.7 Å². The lowest BCUT2D eigenvalue weighted by molar-refractivity contribution is -0.177. The molecule has 35 heavy (non-hydrogen) atoms. The van der Waals surface area contributed by atoms with Gasteiger partial charge >= 0.3 is 5.97 Å². The number of allylic oxidation sites excluding steroid dienone is 1. The number of rotatable bonds is 2. The first-order valence-electron chi connectivity index (χ1n) is 13.0. The molecule has 1 saturated carbocycles. The molecule has 6 heteroatoms. The molecule has 1 aliphatic carbocycles. The Morgan fingerprint density at radius 2 is 1.89 bits per heavy atom. The van der Waals surface area contributed by atoms with Crippen molar-refractivity contribution in [3.05, 3.63) is 60.2 Å². The summed E-state index contributed by atoms with van der Waals surface area (Å²) >= 11 is 0. The smallest absolute Gasteiger partial charge is 0.331 e. The molecule has 0 radical (unpaired) electrons. The van der Waals surface area contributed by atoms with Crippen LogP contribution in [0.3, 0.4) is 0 Å². The van der Waals surface area contributed by atoms with Gasteiger partial charge in [-0.25, -0.2) is 4.79 Å². The lowest BCUT2D eigenvalue weighted by Crippen LogP contribution is -2.61. The minimum Gasteiger partial charge on any atom is -0.445 e. The van der Waals surface area contributed by atoms with Gasteiger partial charge < -0.3 is 19.9 Å². The molecular weight excluding hydrogens is 442 g/mol. The standard InChI is InChI=1S/C29H37NO5/c1-18-9-7-13-21(31)15-16-24(32)34-29-22(14-8-10-18)26-28(3,35-26)19(2)25(29)23(30-27(29)33)17-20-11-5-4-6-12-20/h4-6,8,11-12,14-16,18-19,21-23,25-26,31H,7,9-10,13,17H2,1-3H3,(H,30,33)/t18-,19+,21-,22+,23+,25+,26+,28-,29-/m1/s1. The monoisotopic (exact) mass is 479 g/mol. The average molecular weight is 480 g/mol. The molecule has 6 nitrogen and oxygen atoms in total. The number of benzene rings is 1. The molecule has 5 rings (SSSR count). The van der Waals surface area contributed by atoms with Crippen LogP contribution in [0.1, 0.15) is 52.0 Å². The highest BCUT2D eigenvalue weighted by atomic mass is 16.6. The molecule has 3 fully saturated rings. The zero-order chi connectivity index (χ0) is 24.8. The van der Waals surface area contributed by atoms with Crippen LogP contribution >= 0.6 is 0 Å². The Balaban J connectivity index is 1.56. The van der Waals surface area contributed by atoms with Crippen LogP contribution in [0.25, 0.3) is 0 Å². The molecule has 9 atom stereocenters. The first-order chi connectivity index (χ1) is 16.8. The lowest BCUT2D eigenvalue weighted by Gasteiger charge is -2.45. The Kier molecular flexibility index (Phi) is 6.39. The van der Waals surface area contributed by atoms with Gasteiger partial charge in [-0.3, -0.25) is 4.79 Å². The highest BCUT2D eigenvalue weighted by Crippen LogP contribution is 2.63. The van der Waals surface area contributed by atoms with E-state index in [9.17, 15) is 14.7 Å². The molecule has 2 N–H and O–H groups in total. The van der Waals surface area contributed by atoms with Gasteiger partial charge in [0, 0.05) is 18.0 Å². The van der Waals surface area contributed by atoms with Gasteiger partial charge in [-0.2, -0.15) is 0 Å². The summed E-state index contributed by atoms with van der Waals surface area (Å²) in [5.74, 6) is -0.996. The van der Waals surface area contributed by atoms with Crippen molar-refractivity contribution in [1.82, 2.24) is 5.32 Å². The van der Waals surface area contributed by atoms with Crippen LogP contribution in [0.15, 0.2) is 54.6 Å². The highest BCUT2D eigenvalue weighted by molar-refractivity contribution is 5.94. The summed E-state index contributed by atoms with van der Waals surface area (Å²) in [5.41, 5.74) is -0.586. The third-order valence-electron chi connectivity index (χ3n) is 8.85. The number of aliphatic hydroxyl groups is 1. The van der Waals surface area contributed by atoms with Crippen LogP contribution in [0.2, 0.25) is 0 Å². The van der Waals surface area contributed by atoms with Crippen LogP contribution < -0.4 is 5.32 Å². The average Bonchev–Trinajstić information content (AvgIpc) is 3.45. The van der Waals surface area contributed by atoms with E-state index in [-0.39, 0.29) is 41.4 Å². The van der Waals surface area contributed by atoms with Crippen molar-refractivity contribution in [2.75, 3.05) is 0 Å². The van der Waals surface area contributed by atoms with Crippen LogP contribution in [0.4, 0.5) is 0 Å². The van der Waals surface area contributed by atoms with E-state index >= 15 is 0 Å². The van der Waals surface area contributed by atoms with E-state index in [1.165, 1.54) is 12.2 Å². The van der Waals surface area contributed by atoms with Crippen molar-refractivity contribution in [1.29, 1.82) is 0 Å². The largest absolute Gasteiger partial charge is 0.445 e. The number of amides is 1. The van der Waals surface area contributed by atoms with Crippen molar-refractivity contribution >= 4 is 11.9 Å². The fourth-order valence-corrected chi connectivity index (χ4v) is 6.74. The molecule has 1 spiro atoms. The third kappa shape index (κ3) is 4.25. The molecule has 188 valence electrons. The number of hydrogen-bond acceptors (Lipinski definition) is 5. The van der Waals surface area contributed by atoms with E-state index in [0.29, 0.717) is 18.8 Å². The Labute approximate surface area is 207 Å². The number of fused-ring (bicyclic) bond motifs is 2. The molecule has 1 aromatic carbocycles. The van der Waals surface area contributed by atoms with E-state index in [4.69, 9.17) is 9.47 Å². The normalized spacial score (nSPS) is 43.3. The van der Waals surface area contributed by atoms with Gasteiger partial charge in [-0.1, -0.05) is 69.2 Å². The molecule has 2 saturated heterocycles. The summed E-state index contributed by atoms with van der Waals surface area (Å²) in [6, 6.07) is 9.91. The van der Waals surface area contributed by atoms with Gasteiger partial charge in [0.05, 0.1) is 23.7 Å². The number of carbonyl (C=O) groups is 2. The highest BCUT2D eigenvalue weighted by Gasteiger charge is 2.78. The fraction of sp³-hybridized carbons (Fsp3) is 0.586. The second-order valence-corrected chi connectivity index (χ2v) is 11.2. The number of epoxide rings is 1. The second kappa shape index (κ2) is 9.21. The Hall–Kier alpha value is -2.44. The predicted octanol–water partition coefficient (Wildman–Crippen LogP) is 3.73. The van der Waals surface area contributed by atoms with Crippen LogP contribution in [0.5, 0.6) is 0 Å². The zero-order valence-electron chi connectivity index (χ0n) is 20.9. The molecule has 0 unspecified atom stereocenters. The topological polar surface area (TPSA) is 88.2 Å². The van der Waals surface area contributed by atoms with Crippen LogP contribution in [0, 0.1) is 23.7 Å². The summed E-state index contributed by atoms with van der Waals surface area (Å²) in [7, 11) is 0. The first-order valence-corrected chi connectivity index (χ1v) is 13.0. The second-order valence-electron chi connectivity index (χ2n) is 11.2. The quantitative estimate of drug-likeness (QED) is 0.383. The maximum absolute atomic E-state index is 13.8. The van der Waals surface area contributed by atoms with E-state index in [1.807, 2.05) is 18.2 Å². The molecule has 1 aromatic rings. The molecule has 1 amide bonds. The Bertz CT molecular complexity index is 1020. The minimum atomic E-state index is -1.35. The van der Waals surface area contributed by atoms with Gasteiger partial charge in [0.25, 0.3) is 5.91 Å². The molecule has 0 aromatic heterocycles. The van der Waals surface area contributed by atoms with Crippen molar-refractivity contribution in [3.8, 4) is 0 Å². The number of nitrogens with one attached hydrogen (secondary N) is 1. The third-order valence-corrected chi connectivity index (χ3v) is 8.85. The number of hydrogen-bond donors (Lipinski definition) is 2. The summed E-state index contributed by atoms with van der Waals surface area (Å²) in [6.07, 6.45) is 10.1. The number of ether oxygens (including phenoxy) is 2. The first kappa shape index (κ1) is 24.3. The Morgan fingerprint density at radius 3 is 2.66 bits per heavy atom. The summed E-state index contributed by atoms with van der Waals surface area (Å²) in [5, 5.41) is 13.5. The zero-order valence-corrected chi connectivity index (χ0v) is 20.9. The van der Waals surface area contributed by atoms with Gasteiger partial charge in [0.2, 0.25) is 5.60 Å². The lowest BCUT2D eigenvalue weighted by atomic mass is 9.59. The van der Waals surface area contributed by atoms with E-state index in [2.05, 4.69) is 50.4 Å². The van der Waals surface area contributed by atoms with Crippen molar-refractivity contribution < 1.29 is 24.2 Å². The molecular formula is C29H37NO5. The summed E-state index contributed by atoms with van der Waals surface area (Å²) < 4.78 is 12.5. The van der Waals surface area contributed by atoms with Crippen molar-refractivity contribution in [2.24, 2.45) is 23.7 Å². The molecule has 3 heterocycles. The minimum absolute atomic E-state index is 0.00462. The summed E-state index contributed by atoms with van der Waals surface area (Å²) in [4.78, 5) is 26.9. The SMILES string of the molecule is C[C@H]1CC=C[C@H]2[C@@H]3O[C@]3(C)[C@@H](C)[C@H]3[C@H](Cc4ccccc4)NC(=O)[C@]32OC(=O)C=C[C@H](O)CCC1. The summed E-state index contributed by atoms with van der Waals surface area (Å²) in [6.45, 7) is 6.44. The van der Waals surface area contributed by atoms with Crippen molar-refractivity contribution in [3.63, 3.8) is 0 Å². The van der Waals surface area contributed by atoms with Gasteiger partial charge in [0.15, 0.2) is 0 Å². The maximum atomic E-state index is 13.8. The van der Waals surface area contributed by atoms with Gasteiger partial charge in [-0.15, -0.1) is 0 Å². The molecule has 0 bridgehead atoms. The maximum Gasteiger partial charge on any atom is 0.331 e. The van der Waals surface area contributed by atoms with Gasteiger partial charge in [0.1, 0.15) is 0 Å². The van der Waals surface area contributed by atoms with E-state index in [0.717, 1.165) is 24.8 Å². The fourth-order valence-electron chi connectivity index (χ4n) is 6.74. The number of esters is 1.